The van der Waals surface area contributed by atoms with Crippen LogP contribution in [0.15, 0.2) is 11.4 Å². The maximum atomic E-state index is 9.24. The fourth-order valence-corrected chi connectivity index (χ4v) is 3.16. The van der Waals surface area contributed by atoms with E-state index >= 15 is 0 Å². The molecule has 16 heavy (non-hydrogen) atoms. The zero-order chi connectivity index (χ0) is 11.5. The minimum absolute atomic E-state index is 0.0908. The summed E-state index contributed by atoms with van der Waals surface area (Å²) in [5.74, 6) is 0.591. The van der Waals surface area contributed by atoms with Crippen molar-refractivity contribution in [3.05, 3.63) is 21.9 Å². The highest BCUT2D eigenvalue weighted by Crippen LogP contribution is 2.26. The van der Waals surface area contributed by atoms with E-state index in [1.54, 1.807) is 0 Å². The summed E-state index contributed by atoms with van der Waals surface area (Å²) in [6.45, 7) is 6.37. The van der Waals surface area contributed by atoms with Gasteiger partial charge in [-0.15, -0.1) is 11.3 Å². The molecule has 0 spiro atoms. The number of thiophene rings is 1. The van der Waals surface area contributed by atoms with Crippen molar-refractivity contribution in [3.8, 4) is 6.07 Å². The molecule has 0 aromatic carbocycles. The molecule has 1 aromatic heterocycles. The van der Waals surface area contributed by atoms with Crippen molar-refractivity contribution in [2.24, 2.45) is 5.92 Å². The number of nitrogens with zero attached hydrogens (tertiary/aromatic N) is 2. The van der Waals surface area contributed by atoms with Crippen LogP contribution in [0, 0.1) is 17.2 Å². The van der Waals surface area contributed by atoms with E-state index in [9.17, 15) is 5.26 Å². The number of hydrogen-bond donors (Lipinski definition) is 0. The molecule has 2 heterocycles. The fraction of sp³-hybridized carbons (Fsp3) is 0.615. The number of fused-ring (bicyclic) bond motifs is 1. The summed E-state index contributed by atoms with van der Waals surface area (Å²) in [7, 11) is 0. The SMILES string of the molecule is CC(C)C[C@H](C#N)N1CCc2sccc2C1. The third-order valence-corrected chi connectivity index (χ3v) is 4.14. The van der Waals surface area contributed by atoms with Gasteiger partial charge in [0.25, 0.3) is 0 Å². The van der Waals surface area contributed by atoms with Crippen LogP contribution in [-0.4, -0.2) is 17.5 Å². The van der Waals surface area contributed by atoms with Crippen molar-refractivity contribution >= 4 is 11.3 Å². The Morgan fingerprint density at radius 3 is 3.06 bits per heavy atom. The van der Waals surface area contributed by atoms with E-state index < -0.39 is 0 Å². The molecule has 0 unspecified atom stereocenters. The Kier molecular flexibility index (Phi) is 3.63. The van der Waals surface area contributed by atoms with E-state index in [2.05, 4.69) is 36.3 Å². The van der Waals surface area contributed by atoms with Gasteiger partial charge in [0.2, 0.25) is 0 Å². The van der Waals surface area contributed by atoms with Gasteiger partial charge in [0.05, 0.1) is 12.1 Å². The molecule has 1 aliphatic rings. The summed E-state index contributed by atoms with van der Waals surface area (Å²) in [5, 5.41) is 11.4. The van der Waals surface area contributed by atoms with Gasteiger partial charge >= 0.3 is 0 Å². The molecule has 0 fully saturated rings. The van der Waals surface area contributed by atoms with Crippen LogP contribution in [0.2, 0.25) is 0 Å². The zero-order valence-corrected chi connectivity index (χ0v) is 10.8. The Hall–Kier alpha value is -0.850. The van der Waals surface area contributed by atoms with Crippen LogP contribution in [0.25, 0.3) is 0 Å². The second-order valence-electron chi connectivity index (χ2n) is 4.86. The molecule has 2 rings (SSSR count). The molecule has 86 valence electrons. The Morgan fingerprint density at radius 2 is 2.38 bits per heavy atom. The quantitative estimate of drug-likeness (QED) is 0.803. The van der Waals surface area contributed by atoms with E-state index in [1.807, 2.05) is 11.3 Å². The highest BCUT2D eigenvalue weighted by atomic mass is 32.1. The number of hydrogen-bond acceptors (Lipinski definition) is 3. The first-order valence-electron chi connectivity index (χ1n) is 5.89. The molecule has 0 bridgehead atoms. The van der Waals surface area contributed by atoms with Crippen molar-refractivity contribution < 1.29 is 0 Å². The number of nitriles is 1. The first-order chi connectivity index (χ1) is 7.70. The Bertz CT molecular complexity index is 389. The van der Waals surface area contributed by atoms with Gasteiger partial charge < -0.3 is 0 Å². The first kappa shape index (κ1) is 11.6. The third kappa shape index (κ3) is 2.45. The molecule has 1 aliphatic heterocycles. The van der Waals surface area contributed by atoms with E-state index in [0.29, 0.717) is 5.92 Å². The second-order valence-corrected chi connectivity index (χ2v) is 5.86. The van der Waals surface area contributed by atoms with Crippen LogP contribution in [0.4, 0.5) is 0 Å². The highest BCUT2D eigenvalue weighted by Gasteiger charge is 2.24. The van der Waals surface area contributed by atoms with Crippen LogP contribution in [0.5, 0.6) is 0 Å². The average Bonchev–Trinajstić information content (AvgIpc) is 2.72. The lowest BCUT2D eigenvalue weighted by atomic mass is 10.0. The van der Waals surface area contributed by atoms with Gasteiger partial charge in [0.1, 0.15) is 0 Å². The first-order valence-corrected chi connectivity index (χ1v) is 6.77. The molecule has 0 aliphatic carbocycles. The molecular weight excluding hydrogens is 216 g/mol. The van der Waals surface area contributed by atoms with Gasteiger partial charge in [-0.2, -0.15) is 5.26 Å². The van der Waals surface area contributed by atoms with Crippen LogP contribution in [-0.2, 0) is 13.0 Å². The molecule has 0 radical (unpaired) electrons. The van der Waals surface area contributed by atoms with Gasteiger partial charge in [-0.3, -0.25) is 4.90 Å². The molecule has 1 atom stereocenters. The molecule has 2 nitrogen and oxygen atoms in total. The van der Waals surface area contributed by atoms with Crippen LogP contribution >= 0.6 is 11.3 Å². The van der Waals surface area contributed by atoms with E-state index in [4.69, 9.17) is 0 Å². The normalized spacial score (nSPS) is 18.1. The highest BCUT2D eigenvalue weighted by molar-refractivity contribution is 7.10. The second kappa shape index (κ2) is 4.99. The van der Waals surface area contributed by atoms with Crippen molar-refractivity contribution in [3.63, 3.8) is 0 Å². The minimum Gasteiger partial charge on any atom is -0.283 e. The Labute approximate surface area is 102 Å². The Balaban J connectivity index is 2.04. The largest absolute Gasteiger partial charge is 0.283 e. The zero-order valence-electron chi connectivity index (χ0n) is 9.94. The molecular formula is C13H18N2S. The van der Waals surface area contributed by atoms with Crippen LogP contribution < -0.4 is 0 Å². The standard InChI is InChI=1S/C13H18N2S/c1-10(2)7-12(8-14)15-5-3-13-11(9-15)4-6-16-13/h4,6,10,12H,3,5,7,9H2,1-2H3/t12-/m1/s1. The summed E-state index contributed by atoms with van der Waals surface area (Å²) in [4.78, 5) is 3.84. The minimum atomic E-state index is 0.0908. The van der Waals surface area contributed by atoms with Crippen molar-refractivity contribution in [2.45, 2.75) is 39.3 Å². The summed E-state index contributed by atoms with van der Waals surface area (Å²) in [6, 6.07) is 4.75. The molecule has 1 aromatic rings. The van der Waals surface area contributed by atoms with Crippen molar-refractivity contribution in [2.75, 3.05) is 6.54 Å². The molecule has 3 heteroatoms. The monoisotopic (exact) mass is 234 g/mol. The van der Waals surface area contributed by atoms with Crippen LogP contribution in [0.1, 0.15) is 30.7 Å². The summed E-state index contributed by atoms with van der Waals surface area (Å²) < 4.78 is 0. The van der Waals surface area contributed by atoms with E-state index in [1.165, 1.54) is 10.4 Å². The molecule has 0 N–H and O–H groups in total. The van der Waals surface area contributed by atoms with Gasteiger partial charge in [0.15, 0.2) is 0 Å². The lowest BCUT2D eigenvalue weighted by molar-refractivity contribution is 0.196. The van der Waals surface area contributed by atoms with Crippen molar-refractivity contribution in [1.29, 1.82) is 5.26 Å². The smallest absolute Gasteiger partial charge is 0.0983 e. The predicted octanol–water partition coefficient (Wildman–Crippen LogP) is 3.04. The van der Waals surface area contributed by atoms with Gasteiger partial charge in [0, 0.05) is 18.0 Å². The lowest BCUT2D eigenvalue weighted by Crippen LogP contribution is -2.38. The summed E-state index contributed by atoms with van der Waals surface area (Å²) in [5.41, 5.74) is 1.43. The average molecular weight is 234 g/mol. The van der Waals surface area contributed by atoms with Crippen LogP contribution in [0.3, 0.4) is 0 Å². The maximum absolute atomic E-state index is 9.24. The maximum Gasteiger partial charge on any atom is 0.0983 e. The van der Waals surface area contributed by atoms with Crippen molar-refractivity contribution in [1.82, 2.24) is 4.90 Å². The van der Waals surface area contributed by atoms with E-state index in [-0.39, 0.29) is 6.04 Å². The van der Waals surface area contributed by atoms with E-state index in [0.717, 1.165) is 25.9 Å². The summed E-state index contributed by atoms with van der Waals surface area (Å²) in [6.07, 6.45) is 2.10. The fourth-order valence-electron chi connectivity index (χ4n) is 2.27. The summed E-state index contributed by atoms with van der Waals surface area (Å²) >= 11 is 1.85. The molecule has 0 saturated heterocycles. The lowest BCUT2D eigenvalue weighted by Gasteiger charge is -2.31. The molecule has 0 saturated carbocycles. The Morgan fingerprint density at radius 1 is 1.56 bits per heavy atom. The van der Waals surface area contributed by atoms with Gasteiger partial charge in [-0.25, -0.2) is 0 Å². The molecule has 0 amide bonds. The topological polar surface area (TPSA) is 27.0 Å². The van der Waals surface area contributed by atoms with Gasteiger partial charge in [-0.05, 0) is 35.8 Å². The number of rotatable bonds is 3. The predicted molar refractivity (Wildman–Crippen MR) is 67.3 cm³/mol. The third-order valence-electron chi connectivity index (χ3n) is 3.12. The van der Waals surface area contributed by atoms with Gasteiger partial charge in [-0.1, -0.05) is 13.8 Å².